The van der Waals surface area contributed by atoms with Crippen LogP contribution in [0.3, 0.4) is 0 Å². The third-order valence-electron chi connectivity index (χ3n) is 7.86. The average Bonchev–Trinajstić information content (AvgIpc) is 2.69. The van der Waals surface area contributed by atoms with Crippen LogP contribution in [0.15, 0.2) is 18.2 Å². The number of rotatable bonds is 5. The second kappa shape index (κ2) is 7.35. The molecule has 1 aromatic carbocycles. The van der Waals surface area contributed by atoms with Gasteiger partial charge in [0.15, 0.2) is 0 Å². The quantitative estimate of drug-likeness (QED) is 0.649. The Morgan fingerprint density at radius 1 is 1.32 bits per heavy atom. The monoisotopic (exact) mass is 441 g/mol. The Morgan fingerprint density at radius 3 is 2.71 bits per heavy atom. The summed E-state index contributed by atoms with van der Waals surface area (Å²) in [5.74, 6) is 0.0527. The summed E-state index contributed by atoms with van der Waals surface area (Å²) in [5, 5.41) is 12.1. The summed E-state index contributed by atoms with van der Waals surface area (Å²) in [7, 11) is 1.57. The molecule has 2 fully saturated rings. The molecule has 0 unspecified atom stereocenters. The van der Waals surface area contributed by atoms with Gasteiger partial charge in [0.25, 0.3) is 0 Å². The second-order valence-electron chi connectivity index (χ2n) is 9.45. The van der Waals surface area contributed by atoms with Crippen molar-refractivity contribution < 1.29 is 27.8 Å². The maximum absolute atomic E-state index is 12.7. The molecule has 172 valence electrons. The number of primary amides is 1. The van der Waals surface area contributed by atoms with Crippen molar-refractivity contribution in [3.8, 4) is 5.75 Å². The number of hydrogen-bond acceptors (Lipinski definition) is 5. The van der Waals surface area contributed by atoms with Crippen LogP contribution >= 0.6 is 0 Å². The number of nitrogens with two attached hydrogens (primary N) is 2. The zero-order valence-corrected chi connectivity index (χ0v) is 17.7. The predicted molar refractivity (Wildman–Crippen MR) is 109 cm³/mol. The zero-order chi connectivity index (χ0) is 22.7. The smallest absolute Gasteiger partial charge is 0.389 e. The molecular formula is C22H30F3N3O3. The molecule has 0 aromatic heterocycles. The van der Waals surface area contributed by atoms with Crippen LogP contribution in [0.1, 0.15) is 49.7 Å². The fourth-order valence-electron chi connectivity index (χ4n) is 6.25. The van der Waals surface area contributed by atoms with Gasteiger partial charge in [-0.05, 0) is 74.9 Å². The summed E-state index contributed by atoms with van der Waals surface area (Å²) in [4.78, 5) is 14.2. The van der Waals surface area contributed by atoms with Gasteiger partial charge in [0, 0.05) is 17.9 Å². The molecule has 3 aliphatic rings. The van der Waals surface area contributed by atoms with E-state index in [1.165, 1.54) is 0 Å². The lowest BCUT2D eigenvalue weighted by Gasteiger charge is -2.65. The molecule has 4 atom stereocenters. The number of alkyl halides is 3. The zero-order valence-electron chi connectivity index (χ0n) is 17.7. The van der Waals surface area contributed by atoms with Crippen LogP contribution in [-0.4, -0.2) is 59.5 Å². The summed E-state index contributed by atoms with van der Waals surface area (Å²) >= 11 is 0. The number of benzene rings is 1. The number of ether oxygens (including phenoxy) is 1. The van der Waals surface area contributed by atoms with Gasteiger partial charge < -0.3 is 21.3 Å². The van der Waals surface area contributed by atoms with Crippen molar-refractivity contribution >= 4 is 5.91 Å². The molecule has 5 N–H and O–H groups in total. The van der Waals surface area contributed by atoms with E-state index in [2.05, 4.69) is 0 Å². The van der Waals surface area contributed by atoms with E-state index >= 15 is 0 Å². The van der Waals surface area contributed by atoms with Gasteiger partial charge >= 0.3 is 6.18 Å². The van der Waals surface area contributed by atoms with Crippen LogP contribution in [0, 0.1) is 0 Å². The molecule has 9 heteroatoms. The van der Waals surface area contributed by atoms with Gasteiger partial charge in [-0.25, -0.2) is 0 Å². The first-order valence-electron chi connectivity index (χ1n) is 10.7. The minimum absolute atomic E-state index is 0.0132. The van der Waals surface area contributed by atoms with E-state index in [0.717, 1.165) is 11.1 Å². The predicted octanol–water partition coefficient (Wildman–Crippen LogP) is 2.00. The second-order valence-corrected chi connectivity index (χ2v) is 9.45. The number of nitrogens with zero attached hydrogens (tertiary/aromatic N) is 1. The van der Waals surface area contributed by atoms with Crippen molar-refractivity contribution in [2.75, 3.05) is 20.2 Å². The number of fused-ring (bicyclic) bond motifs is 1. The molecule has 1 heterocycles. The van der Waals surface area contributed by atoms with Crippen LogP contribution in [0.2, 0.25) is 0 Å². The molecule has 1 aliphatic heterocycles. The van der Waals surface area contributed by atoms with Crippen molar-refractivity contribution in [3.63, 3.8) is 0 Å². The molecule has 1 aromatic rings. The van der Waals surface area contributed by atoms with E-state index < -0.39 is 35.1 Å². The SMILES string of the molecule is COc1ccc2c(c1)[C@]13CCN(CCCC(F)(F)F)[C@H](C2)[C@]1(O)CC[C@@](N)(C(N)=O)C3. The fraction of sp³-hybridized carbons (Fsp3) is 0.682. The highest BCUT2D eigenvalue weighted by atomic mass is 19.4. The van der Waals surface area contributed by atoms with E-state index in [1.54, 1.807) is 7.11 Å². The summed E-state index contributed by atoms with van der Waals surface area (Å²) in [6.45, 7) is 0.786. The Hall–Kier alpha value is -1.84. The lowest BCUT2D eigenvalue weighted by Crippen LogP contribution is -2.76. The van der Waals surface area contributed by atoms with Crippen LogP contribution in [0.5, 0.6) is 5.75 Å². The van der Waals surface area contributed by atoms with Crippen molar-refractivity contribution in [2.45, 2.75) is 73.7 Å². The number of methoxy groups -OCH3 is 1. The van der Waals surface area contributed by atoms with E-state index in [4.69, 9.17) is 16.2 Å². The summed E-state index contributed by atoms with van der Waals surface area (Å²) in [6, 6.07) is 5.35. The Morgan fingerprint density at radius 2 is 2.06 bits per heavy atom. The molecule has 4 rings (SSSR count). The van der Waals surface area contributed by atoms with E-state index in [-0.39, 0.29) is 38.3 Å². The lowest BCUT2D eigenvalue weighted by molar-refractivity contribution is -0.181. The number of halogens is 3. The lowest BCUT2D eigenvalue weighted by atomic mass is 9.46. The molecule has 1 amide bonds. The molecule has 2 aliphatic carbocycles. The number of hydrogen-bond donors (Lipinski definition) is 3. The molecule has 6 nitrogen and oxygen atoms in total. The van der Waals surface area contributed by atoms with Crippen LogP contribution in [-0.2, 0) is 16.6 Å². The van der Waals surface area contributed by atoms with Crippen LogP contribution < -0.4 is 16.2 Å². The molecule has 2 bridgehead atoms. The number of amides is 1. The number of piperidine rings is 1. The summed E-state index contributed by atoms with van der Waals surface area (Å²) < 4.78 is 43.5. The number of carbonyl (C=O) groups excluding carboxylic acids is 1. The average molecular weight is 441 g/mol. The third kappa shape index (κ3) is 3.50. The van der Waals surface area contributed by atoms with E-state index in [1.807, 2.05) is 23.1 Å². The molecular weight excluding hydrogens is 411 g/mol. The van der Waals surface area contributed by atoms with Crippen LogP contribution in [0.4, 0.5) is 13.2 Å². The van der Waals surface area contributed by atoms with Crippen molar-refractivity contribution in [2.24, 2.45) is 11.5 Å². The number of likely N-dealkylation sites (tertiary alicyclic amines) is 1. The van der Waals surface area contributed by atoms with E-state index in [9.17, 15) is 23.1 Å². The normalized spacial score (nSPS) is 35.2. The minimum Gasteiger partial charge on any atom is -0.497 e. The Labute approximate surface area is 179 Å². The molecule has 0 spiro atoms. The molecule has 31 heavy (non-hydrogen) atoms. The number of aliphatic hydroxyl groups is 1. The van der Waals surface area contributed by atoms with Gasteiger partial charge in [-0.1, -0.05) is 6.07 Å². The van der Waals surface area contributed by atoms with Crippen molar-refractivity contribution in [1.29, 1.82) is 0 Å². The maximum Gasteiger partial charge on any atom is 0.389 e. The van der Waals surface area contributed by atoms with Gasteiger partial charge in [0.05, 0.1) is 18.2 Å². The summed E-state index contributed by atoms with van der Waals surface area (Å²) in [6.07, 6.45) is -3.33. The highest BCUT2D eigenvalue weighted by Crippen LogP contribution is 2.60. The largest absolute Gasteiger partial charge is 0.497 e. The fourth-order valence-corrected chi connectivity index (χ4v) is 6.25. The molecule has 1 saturated heterocycles. The first-order valence-corrected chi connectivity index (χ1v) is 10.7. The highest BCUT2D eigenvalue weighted by Gasteiger charge is 2.67. The molecule has 1 saturated carbocycles. The van der Waals surface area contributed by atoms with Crippen molar-refractivity contribution in [1.82, 2.24) is 4.90 Å². The first kappa shape index (κ1) is 22.4. The standard InChI is InChI=1S/C22H30F3N3O3/c1-31-15-4-3-14-11-17-21(30)7-6-20(27,18(26)29)13-19(21,16(14)12-15)8-10-28(17)9-2-5-22(23,24)25/h3-4,12,17,30H,2,5-11,13,27H2,1H3,(H2,26,29)/t17-,19-,20+,21-/m1/s1. The minimum atomic E-state index is -4.20. The topological polar surface area (TPSA) is 102 Å². The van der Waals surface area contributed by atoms with Gasteiger partial charge in [-0.15, -0.1) is 0 Å². The Kier molecular flexibility index (Phi) is 5.30. The number of carbonyl (C=O) groups is 1. The third-order valence-corrected chi connectivity index (χ3v) is 7.86. The summed E-state index contributed by atoms with van der Waals surface area (Å²) in [5.41, 5.74) is 10.8. The highest BCUT2D eigenvalue weighted by molar-refractivity contribution is 5.85. The van der Waals surface area contributed by atoms with Crippen LogP contribution in [0.25, 0.3) is 0 Å². The Bertz CT molecular complexity index is 879. The van der Waals surface area contributed by atoms with E-state index in [0.29, 0.717) is 25.1 Å². The Balaban J connectivity index is 1.75. The van der Waals surface area contributed by atoms with Gasteiger partial charge in [-0.3, -0.25) is 9.69 Å². The van der Waals surface area contributed by atoms with Crippen molar-refractivity contribution in [3.05, 3.63) is 29.3 Å². The first-order chi connectivity index (χ1) is 14.4. The van der Waals surface area contributed by atoms with Gasteiger partial charge in [0.1, 0.15) is 5.75 Å². The maximum atomic E-state index is 12.7. The van der Waals surface area contributed by atoms with Gasteiger partial charge in [0.2, 0.25) is 5.91 Å². The van der Waals surface area contributed by atoms with Gasteiger partial charge in [-0.2, -0.15) is 13.2 Å². The molecule has 0 radical (unpaired) electrons.